The van der Waals surface area contributed by atoms with Crippen LogP contribution in [0.5, 0.6) is 0 Å². The molecule has 26 aliphatic carbocycles. The van der Waals surface area contributed by atoms with Gasteiger partial charge in [-0.3, -0.25) is 0 Å². The molecule has 38 atom stereocenters. The fourth-order valence-electron chi connectivity index (χ4n) is 39.3. The van der Waals surface area contributed by atoms with Crippen LogP contribution in [0.1, 0.15) is 32.6 Å². The highest BCUT2D eigenvalue weighted by Crippen LogP contribution is 3.41. The summed E-state index contributed by atoms with van der Waals surface area (Å²) in [6.07, 6.45) is 7.00. The second kappa shape index (κ2) is 2.86. The van der Waals surface area contributed by atoms with E-state index in [4.69, 9.17) is 0 Å². The molecule has 26 rings (SSSR count). The first-order chi connectivity index (χ1) is 21.2. The fraction of sp³-hybridized carbons (Fsp3) is 1.00. The zero-order valence-corrected chi connectivity index (χ0v) is 24.8. The Morgan fingerprint density at radius 1 is 0.326 bits per heavy atom. The summed E-state index contributed by atoms with van der Waals surface area (Å²) >= 11 is 0. The summed E-state index contributed by atoms with van der Waals surface area (Å²) in [5.41, 5.74) is 13.8. The standard InChI is InChI=1S/C43H36/c1-31-29-27-19-15-11-5-7-3-9-13-17-21-23-26-24-22-20-16-12-8-2-6-4-10-14-18-25-28-30(31)42(24,40(22,28)38(20,25)36(16,18)34(12,14)32(6,8)10)43(26,31)41(23,29)39(21,27)37(17,19)35(13,15)33(7,9)11/h6-30H,2-5H2,1H3. The predicted octanol–water partition coefficient (Wildman–Crippen LogP) is 5.15. The lowest BCUT2D eigenvalue weighted by molar-refractivity contribution is -0.946. The lowest BCUT2D eigenvalue weighted by atomic mass is 8.63. The molecule has 43 heavy (non-hydrogen) atoms. The van der Waals surface area contributed by atoms with E-state index in [0.29, 0.717) is 0 Å². The molecule has 0 heteroatoms. The van der Waals surface area contributed by atoms with Crippen LogP contribution in [0.15, 0.2) is 0 Å². The first-order valence-corrected chi connectivity index (χ1v) is 21.2. The predicted molar refractivity (Wildman–Crippen MR) is 143 cm³/mol. The van der Waals surface area contributed by atoms with Crippen molar-refractivity contribution in [2.45, 2.75) is 32.6 Å². The highest BCUT2D eigenvalue weighted by atomic mass is 15.4. The van der Waals surface area contributed by atoms with E-state index in [1.165, 1.54) is 148 Å². The van der Waals surface area contributed by atoms with E-state index in [0.717, 1.165) is 70.4 Å². The van der Waals surface area contributed by atoms with Gasteiger partial charge < -0.3 is 0 Å². The first-order valence-electron chi connectivity index (χ1n) is 21.2. The van der Waals surface area contributed by atoms with Crippen LogP contribution in [0, 0.1) is 218 Å². The van der Waals surface area contributed by atoms with Crippen molar-refractivity contribution in [3.63, 3.8) is 0 Å². The van der Waals surface area contributed by atoms with Gasteiger partial charge >= 0.3 is 0 Å². The first kappa shape index (κ1) is 16.4. The van der Waals surface area contributed by atoms with Gasteiger partial charge in [-0.25, -0.2) is 0 Å². The van der Waals surface area contributed by atoms with E-state index in [1.807, 2.05) is 0 Å². The zero-order valence-electron chi connectivity index (χ0n) is 24.8. The van der Waals surface area contributed by atoms with Crippen LogP contribution in [0.25, 0.3) is 0 Å². The van der Waals surface area contributed by atoms with E-state index < -0.39 is 0 Å². The molecule has 38 unspecified atom stereocenters. The summed E-state index contributed by atoms with van der Waals surface area (Å²) in [6, 6.07) is 0. The monoisotopic (exact) mass is 552 g/mol. The molecule has 0 saturated heterocycles. The minimum atomic E-state index is 0.924. The highest BCUT2D eigenvalue weighted by molar-refractivity contribution is 5.85. The molecule has 0 nitrogen and oxygen atoms in total. The summed E-state index contributed by atoms with van der Waals surface area (Å²) in [5, 5.41) is 0. The van der Waals surface area contributed by atoms with Crippen LogP contribution in [-0.4, -0.2) is 0 Å². The van der Waals surface area contributed by atoms with Crippen LogP contribution < -0.4 is 0 Å². The molecule has 0 heterocycles. The van der Waals surface area contributed by atoms with Gasteiger partial charge in [-0.1, -0.05) is 6.92 Å². The Bertz CT molecular complexity index is 2290. The van der Waals surface area contributed by atoms with Crippen molar-refractivity contribution in [2.24, 2.45) is 218 Å². The molecule has 26 fully saturated rings. The number of rotatable bonds is 0. The summed E-state index contributed by atoms with van der Waals surface area (Å²) in [7, 11) is 0. The molecule has 0 bridgehead atoms. The topological polar surface area (TPSA) is 0 Å². The maximum atomic E-state index is 3.13. The van der Waals surface area contributed by atoms with E-state index in [9.17, 15) is 0 Å². The van der Waals surface area contributed by atoms with E-state index >= 15 is 0 Å². The van der Waals surface area contributed by atoms with Gasteiger partial charge in [0.15, 0.2) is 0 Å². The highest BCUT2D eigenvalue weighted by Gasteiger charge is 3.39. The van der Waals surface area contributed by atoms with Crippen LogP contribution >= 0.6 is 0 Å². The largest absolute Gasteiger partial charge is 0.0585 e. The quantitative estimate of drug-likeness (QED) is 0.390. The van der Waals surface area contributed by atoms with Crippen molar-refractivity contribution in [1.82, 2.24) is 0 Å². The molecule has 0 aliphatic heterocycles. The summed E-state index contributed by atoms with van der Waals surface area (Å²) in [5.74, 6) is 33.7. The molecule has 12 spiro atoms. The lowest BCUT2D eigenvalue weighted by Gasteiger charge is -3.40. The molecule has 0 aromatic carbocycles. The number of hydrogen-bond acceptors (Lipinski definition) is 0. The van der Waals surface area contributed by atoms with Gasteiger partial charge in [-0.2, -0.15) is 0 Å². The van der Waals surface area contributed by atoms with Crippen molar-refractivity contribution in [1.29, 1.82) is 0 Å². The zero-order chi connectivity index (χ0) is 24.8. The average Bonchev–Trinajstić information content (AvgIpc) is 2.87. The molecule has 26 saturated carbocycles. The number of hydrogen-bond donors (Lipinski definition) is 0. The Hall–Kier alpha value is 0. The van der Waals surface area contributed by atoms with Gasteiger partial charge in [0.05, 0.1) is 0 Å². The lowest BCUT2D eigenvalue weighted by Crippen LogP contribution is -3.38. The van der Waals surface area contributed by atoms with E-state index in [1.54, 1.807) is 25.7 Å². The van der Waals surface area contributed by atoms with Gasteiger partial charge in [-0.05, 0) is 244 Å². The Kier molecular flexibility index (Phi) is 1.09. The van der Waals surface area contributed by atoms with Crippen molar-refractivity contribution < 1.29 is 0 Å². The second-order valence-corrected chi connectivity index (χ2v) is 26.4. The molecule has 0 radical (unpaired) electrons. The molecule has 208 valence electrons. The fourth-order valence-corrected chi connectivity index (χ4v) is 39.3. The van der Waals surface area contributed by atoms with E-state index in [2.05, 4.69) is 6.92 Å². The number of fused-ring (bicyclic) bond motifs is 22. The third kappa shape index (κ3) is 0.502. The van der Waals surface area contributed by atoms with Crippen LogP contribution in [0.4, 0.5) is 0 Å². The van der Waals surface area contributed by atoms with Crippen molar-refractivity contribution in [2.75, 3.05) is 0 Å². The summed E-state index contributed by atoms with van der Waals surface area (Å²) in [4.78, 5) is 0. The van der Waals surface area contributed by atoms with Crippen LogP contribution in [-0.2, 0) is 0 Å². The Morgan fingerprint density at radius 2 is 0.651 bits per heavy atom. The normalized spacial score (nSPS) is 123. The SMILES string of the molecule is CC12C3C4C5C6C7CC8CC9C%10C%11C%12C%13C%14C%15C%16C%17C%18C%19C%20CC%21CC%22C%23C%24C%25C%26C1C%15(C%16%26C%17%25C%18%24C%19%23C%21%20%22)C%142C%133C%124C%115C%106C897. The maximum Gasteiger partial charge on any atom is -0.00674 e. The Labute approximate surface area is 250 Å². The van der Waals surface area contributed by atoms with Gasteiger partial charge in [0, 0.05) is 0 Å². The van der Waals surface area contributed by atoms with Crippen molar-refractivity contribution in [3.8, 4) is 0 Å². The molecule has 26 aliphatic rings. The third-order valence-electron chi connectivity index (χ3n) is 33.4. The Morgan fingerprint density at radius 3 is 1.09 bits per heavy atom. The minimum absolute atomic E-state index is 0.924. The van der Waals surface area contributed by atoms with Gasteiger partial charge in [0.1, 0.15) is 0 Å². The van der Waals surface area contributed by atoms with Gasteiger partial charge in [0.2, 0.25) is 0 Å². The summed E-state index contributed by atoms with van der Waals surface area (Å²) in [6.45, 7) is 3.13. The van der Waals surface area contributed by atoms with E-state index in [-0.39, 0.29) is 0 Å². The van der Waals surface area contributed by atoms with Crippen LogP contribution in [0.2, 0.25) is 0 Å². The molecule has 0 amide bonds. The minimum Gasteiger partial charge on any atom is -0.0585 e. The van der Waals surface area contributed by atoms with Gasteiger partial charge in [-0.15, -0.1) is 0 Å². The molecule has 0 N–H and O–H groups in total. The molecule has 0 aromatic rings. The molecule has 0 aromatic heterocycles. The molecular formula is C43H36. The summed E-state index contributed by atoms with van der Waals surface area (Å²) < 4.78 is 0. The maximum absolute atomic E-state index is 3.13. The molecular weight excluding hydrogens is 516 g/mol. The Balaban J connectivity index is 0.759. The van der Waals surface area contributed by atoms with Crippen LogP contribution in [0.3, 0.4) is 0 Å². The smallest absolute Gasteiger partial charge is 0.00674 e. The second-order valence-electron chi connectivity index (χ2n) is 26.4. The van der Waals surface area contributed by atoms with Crippen molar-refractivity contribution in [3.05, 3.63) is 0 Å². The van der Waals surface area contributed by atoms with Gasteiger partial charge in [0.25, 0.3) is 0 Å². The average molecular weight is 553 g/mol. The van der Waals surface area contributed by atoms with Crippen molar-refractivity contribution >= 4 is 0 Å². The third-order valence-corrected chi connectivity index (χ3v) is 33.4.